The molecule has 5 heteroatoms. The van der Waals surface area contributed by atoms with Crippen LogP contribution in [0.1, 0.15) is 25.7 Å². The van der Waals surface area contributed by atoms with Crippen molar-refractivity contribution in [3.05, 3.63) is 0 Å². The number of hydrogen-bond donors (Lipinski definition) is 1. The number of piperidine rings is 1. The first-order chi connectivity index (χ1) is 7.13. The van der Waals surface area contributed by atoms with E-state index in [0.717, 1.165) is 25.9 Å². The van der Waals surface area contributed by atoms with E-state index in [0.29, 0.717) is 24.6 Å². The number of halogens is 1. The van der Waals surface area contributed by atoms with Crippen LogP contribution in [0.3, 0.4) is 0 Å². The predicted octanol–water partition coefficient (Wildman–Crippen LogP) is 0.729. The van der Waals surface area contributed by atoms with Crippen molar-refractivity contribution in [3.8, 4) is 0 Å². The normalized spacial score (nSPS) is 17.8. The van der Waals surface area contributed by atoms with Gasteiger partial charge in [-0.1, -0.05) is 0 Å². The maximum atomic E-state index is 11.5. The van der Waals surface area contributed by atoms with Crippen molar-refractivity contribution in [2.75, 3.05) is 19.0 Å². The van der Waals surface area contributed by atoms with Gasteiger partial charge in [-0.2, -0.15) is 0 Å². The topological polar surface area (TPSA) is 63.4 Å². The summed E-state index contributed by atoms with van der Waals surface area (Å²) in [5.74, 6) is 0.589. The van der Waals surface area contributed by atoms with Crippen LogP contribution in [0, 0.1) is 5.92 Å². The zero-order valence-corrected chi connectivity index (χ0v) is 9.50. The number of carbonyl (C=O) groups excluding carboxylic acids is 2. The summed E-state index contributed by atoms with van der Waals surface area (Å²) in [6, 6.07) is 0. The van der Waals surface area contributed by atoms with Gasteiger partial charge < -0.3 is 10.6 Å². The summed E-state index contributed by atoms with van der Waals surface area (Å²) >= 11 is 5.50. The molecule has 4 nitrogen and oxygen atoms in total. The summed E-state index contributed by atoms with van der Waals surface area (Å²) < 4.78 is 0. The number of nitrogens with two attached hydrogens (primary N) is 1. The van der Waals surface area contributed by atoms with Gasteiger partial charge in [0.25, 0.3) is 0 Å². The summed E-state index contributed by atoms with van der Waals surface area (Å²) in [7, 11) is 0. The highest BCUT2D eigenvalue weighted by Crippen LogP contribution is 2.20. The molecule has 1 aliphatic rings. The Morgan fingerprint density at radius 2 is 1.93 bits per heavy atom. The molecule has 0 atom stereocenters. The Hall–Kier alpha value is -0.770. The monoisotopic (exact) mass is 232 g/mol. The fraction of sp³-hybridized carbons (Fsp3) is 0.800. The van der Waals surface area contributed by atoms with Crippen LogP contribution < -0.4 is 5.73 Å². The van der Waals surface area contributed by atoms with Crippen LogP contribution >= 0.6 is 11.6 Å². The Balaban J connectivity index is 2.29. The van der Waals surface area contributed by atoms with E-state index in [9.17, 15) is 9.59 Å². The van der Waals surface area contributed by atoms with Gasteiger partial charge in [-0.05, 0) is 18.8 Å². The van der Waals surface area contributed by atoms with E-state index in [4.69, 9.17) is 17.3 Å². The molecule has 1 saturated heterocycles. The van der Waals surface area contributed by atoms with Gasteiger partial charge in [0.2, 0.25) is 11.8 Å². The lowest BCUT2D eigenvalue weighted by Gasteiger charge is -2.31. The molecule has 0 aromatic rings. The second-order valence-corrected chi connectivity index (χ2v) is 4.31. The van der Waals surface area contributed by atoms with E-state index in [1.54, 1.807) is 0 Å². The zero-order chi connectivity index (χ0) is 11.3. The third kappa shape index (κ3) is 4.08. The molecule has 0 aromatic carbocycles. The molecule has 0 aliphatic carbocycles. The standard InChI is InChI=1S/C10H17ClN2O2/c11-4-1-10(15)13-5-2-8(3-6-13)7-9(12)14/h8H,1-7H2,(H2,12,14). The van der Waals surface area contributed by atoms with Gasteiger partial charge in [0, 0.05) is 31.8 Å². The first-order valence-electron chi connectivity index (χ1n) is 5.25. The minimum absolute atomic E-state index is 0.113. The Bertz CT molecular complexity index is 238. The Kier molecular flexibility index (Phi) is 4.88. The average Bonchev–Trinajstić information content (AvgIpc) is 2.18. The van der Waals surface area contributed by atoms with Crippen molar-refractivity contribution in [3.63, 3.8) is 0 Å². The molecular formula is C10H17ClN2O2. The first kappa shape index (κ1) is 12.3. The Labute approximate surface area is 94.7 Å². The lowest BCUT2D eigenvalue weighted by atomic mass is 9.93. The van der Waals surface area contributed by atoms with E-state index in [2.05, 4.69) is 0 Å². The van der Waals surface area contributed by atoms with E-state index in [1.807, 2.05) is 4.90 Å². The van der Waals surface area contributed by atoms with Gasteiger partial charge in [-0.3, -0.25) is 9.59 Å². The number of primary amides is 1. The molecule has 0 bridgehead atoms. The maximum Gasteiger partial charge on any atom is 0.223 e. The molecule has 2 N–H and O–H groups in total. The Morgan fingerprint density at radius 1 is 1.33 bits per heavy atom. The van der Waals surface area contributed by atoms with Crippen molar-refractivity contribution >= 4 is 23.4 Å². The number of alkyl halides is 1. The highest BCUT2D eigenvalue weighted by atomic mass is 35.5. The summed E-state index contributed by atoms with van der Waals surface area (Å²) in [5, 5.41) is 0. The number of amides is 2. The van der Waals surface area contributed by atoms with Crippen molar-refractivity contribution in [2.24, 2.45) is 11.7 Å². The number of nitrogens with zero attached hydrogens (tertiary/aromatic N) is 1. The Morgan fingerprint density at radius 3 is 2.40 bits per heavy atom. The number of rotatable bonds is 4. The molecule has 0 radical (unpaired) electrons. The van der Waals surface area contributed by atoms with Crippen molar-refractivity contribution in [1.82, 2.24) is 4.90 Å². The molecule has 2 amide bonds. The molecule has 1 rings (SSSR count). The van der Waals surface area contributed by atoms with Crippen LogP contribution in [0.15, 0.2) is 0 Å². The highest BCUT2D eigenvalue weighted by Gasteiger charge is 2.23. The number of carbonyl (C=O) groups is 2. The van der Waals surface area contributed by atoms with Gasteiger partial charge in [-0.15, -0.1) is 11.6 Å². The van der Waals surface area contributed by atoms with Crippen molar-refractivity contribution in [2.45, 2.75) is 25.7 Å². The van der Waals surface area contributed by atoms with Crippen LogP contribution in [-0.4, -0.2) is 35.7 Å². The fourth-order valence-corrected chi connectivity index (χ4v) is 2.07. The number of hydrogen-bond acceptors (Lipinski definition) is 2. The summed E-state index contributed by atoms with van der Waals surface area (Å²) in [4.78, 5) is 24.0. The van der Waals surface area contributed by atoms with E-state index >= 15 is 0 Å². The third-order valence-electron chi connectivity index (χ3n) is 2.77. The summed E-state index contributed by atoms with van der Waals surface area (Å²) in [6.07, 6.45) is 2.59. The average molecular weight is 233 g/mol. The van der Waals surface area contributed by atoms with Crippen molar-refractivity contribution in [1.29, 1.82) is 0 Å². The maximum absolute atomic E-state index is 11.5. The quantitative estimate of drug-likeness (QED) is 0.727. The second-order valence-electron chi connectivity index (χ2n) is 3.93. The van der Waals surface area contributed by atoms with E-state index in [-0.39, 0.29) is 11.8 Å². The lowest BCUT2D eigenvalue weighted by Crippen LogP contribution is -2.39. The third-order valence-corrected chi connectivity index (χ3v) is 2.95. The fourth-order valence-electron chi connectivity index (χ4n) is 1.91. The van der Waals surface area contributed by atoms with Gasteiger partial charge in [0.1, 0.15) is 0 Å². The molecule has 86 valence electrons. The molecule has 1 aliphatic heterocycles. The highest BCUT2D eigenvalue weighted by molar-refractivity contribution is 6.18. The largest absolute Gasteiger partial charge is 0.370 e. The number of likely N-dealkylation sites (tertiary alicyclic amines) is 1. The zero-order valence-electron chi connectivity index (χ0n) is 8.75. The van der Waals surface area contributed by atoms with E-state index in [1.165, 1.54) is 0 Å². The van der Waals surface area contributed by atoms with Crippen LogP contribution in [0.5, 0.6) is 0 Å². The van der Waals surface area contributed by atoms with Gasteiger partial charge in [0.15, 0.2) is 0 Å². The molecule has 1 heterocycles. The molecule has 15 heavy (non-hydrogen) atoms. The molecule has 0 unspecified atom stereocenters. The molecule has 0 saturated carbocycles. The van der Waals surface area contributed by atoms with Gasteiger partial charge in [-0.25, -0.2) is 0 Å². The van der Waals surface area contributed by atoms with Crippen LogP contribution in [0.2, 0.25) is 0 Å². The second kappa shape index (κ2) is 5.95. The molecular weight excluding hydrogens is 216 g/mol. The lowest BCUT2D eigenvalue weighted by molar-refractivity contribution is -0.132. The molecule has 0 aromatic heterocycles. The van der Waals surface area contributed by atoms with Crippen LogP contribution in [-0.2, 0) is 9.59 Å². The summed E-state index contributed by atoms with van der Waals surface area (Å²) in [5.41, 5.74) is 5.13. The predicted molar refractivity (Wildman–Crippen MR) is 58.5 cm³/mol. The van der Waals surface area contributed by atoms with E-state index < -0.39 is 0 Å². The smallest absolute Gasteiger partial charge is 0.223 e. The molecule has 1 fully saturated rings. The minimum atomic E-state index is -0.250. The SMILES string of the molecule is NC(=O)CC1CCN(C(=O)CCCl)CC1. The molecule has 0 spiro atoms. The van der Waals surface area contributed by atoms with Crippen LogP contribution in [0.4, 0.5) is 0 Å². The van der Waals surface area contributed by atoms with Gasteiger partial charge in [0.05, 0.1) is 0 Å². The first-order valence-corrected chi connectivity index (χ1v) is 5.79. The van der Waals surface area contributed by atoms with Gasteiger partial charge >= 0.3 is 0 Å². The minimum Gasteiger partial charge on any atom is -0.370 e. The van der Waals surface area contributed by atoms with Crippen LogP contribution in [0.25, 0.3) is 0 Å². The van der Waals surface area contributed by atoms with Crippen molar-refractivity contribution < 1.29 is 9.59 Å². The summed E-state index contributed by atoms with van der Waals surface area (Å²) in [6.45, 7) is 1.46.